The molecule has 1 aromatic heterocycles. The summed E-state index contributed by atoms with van der Waals surface area (Å²) in [4.78, 5) is 55.3. The molecule has 1 fully saturated rings. The largest absolute Gasteiger partial charge is 0.325 e. The van der Waals surface area contributed by atoms with Crippen LogP contribution in [0.25, 0.3) is 0 Å². The number of hydrogen-bond donors (Lipinski definition) is 1. The highest BCUT2D eigenvalue weighted by molar-refractivity contribution is 9.10. The average Bonchev–Trinajstić information content (AvgIpc) is 3.37. The fourth-order valence-corrected chi connectivity index (χ4v) is 8.31. The van der Waals surface area contributed by atoms with Gasteiger partial charge in [0.15, 0.2) is 0 Å². The molecule has 12 heteroatoms. The lowest BCUT2D eigenvalue weighted by Gasteiger charge is -2.30. The van der Waals surface area contributed by atoms with Crippen LogP contribution in [0.1, 0.15) is 16.4 Å². The molecule has 0 spiro atoms. The predicted molar refractivity (Wildman–Crippen MR) is 159 cm³/mol. The first-order chi connectivity index (χ1) is 19.2. The summed E-state index contributed by atoms with van der Waals surface area (Å²) in [6, 6.07) is 19.7. The number of imide groups is 1. The molecule has 6 rings (SSSR count). The normalized spacial score (nSPS) is 19.9. The number of benzene rings is 3. The molecule has 40 heavy (non-hydrogen) atoms. The Morgan fingerprint density at radius 1 is 0.875 bits per heavy atom. The van der Waals surface area contributed by atoms with Gasteiger partial charge in [-0.1, -0.05) is 67.1 Å². The first kappa shape index (κ1) is 27.1. The van der Waals surface area contributed by atoms with Gasteiger partial charge in [-0.25, -0.2) is 9.29 Å². The molecule has 2 aliphatic rings. The third-order valence-corrected chi connectivity index (χ3v) is 10.5. The summed E-state index contributed by atoms with van der Waals surface area (Å²) in [6.45, 7) is -0.294. The molecule has 3 atom stereocenters. The quantitative estimate of drug-likeness (QED) is 0.258. The smallest absolute Gasteiger partial charge is 0.308 e. The van der Waals surface area contributed by atoms with Crippen molar-refractivity contribution >= 4 is 84.1 Å². The van der Waals surface area contributed by atoms with E-state index in [2.05, 4.69) is 37.2 Å². The van der Waals surface area contributed by atoms with E-state index in [0.717, 1.165) is 37.6 Å². The van der Waals surface area contributed by atoms with Crippen LogP contribution in [0.4, 0.5) is 15.8 Å². The van der Waals surface area contributed by atoms with E-state index >= 15 is 0 Å². The number of thioether (sulfide) groups is 1. The summed E-state index contributed by atoms with van der Waals surface area (Å²) in [5.41, 5.74) is 1.66. The van der Waals surface area contributed by atoms with Crippen LogP contribution in [0.2, 0.25) is 0 Å². The van der Waals surface area contributed by atoms with Gasteiger partial charge in [0.1, 0.15) is 17.6 Å². The fourth-order valence-electron chi connectivity index (χ4n) is 5.01. The summed E-state index contributed by atoms with van der Waals surface area (Å²) < 4.78 is 16.3. The maximum atomic E-state index is 13.9. The summed E-state index contributed by atoms with van der Waals surface area (Å²) in [6.07, 6.45) is 0. The molecule has 1 saturated heterocycles. The number of nitrogens with zero attached hydrogens (tertiary/aromatic N) is 2. The van der Waals surface area contributed by atoms with Gasteiger partial charge in [-0.3, -0.25) is 23.7 Å². The van der Waals surface area contributed by atoms with E-state index in [1.165, 1.54) is 33.7 Å². The van der Waals surface area contributed by atoms with Crippen LogP contribution in [-0.4, -0.2) is 27.5 Å². The number of halogens is 3. The lowest BCUT2D eigenvalue weighted by molar-refractivity contribution is -0.122. The van der Waals surface area contributed by atoms with Gasteiger partial charge in [-0.2, -0.15) is 0 Å². The van der Waals surface area contributed by atoms with Crippen molar-refractivity contribution in [3.63, 3.8) is 0 Å². The second-order valence-corrected chi connectivity index (χ2v) is 13.2. The van der Waals surface area contributed by atoms with E-state index < -0.39 is 28.8 Å². The maximum Gasteiger partial charge on any atom is 0.308 e. The van der Waals surface area contributed by atoms with Gasteiger partial charge in [-0.15, -0.1) is 0 Å². The molecular weight excluding hydrogens is 685 g/mol. The van der Waals surface area contributed by atoms with E-state index in [-0.39, 0.29) is 23.2 Å². The summed E-state index contributed by atoms with van der Waals surface area (Å²) >= 11 is 8.97. The van der Waals surface area contributed by atoms with Crippen LogP contribution in [-0.2, 0) is 20.9 Å². The van der Waals surface area contributed by atoms with Crippen molar-refractivity contribution in [1.29, 1.82) is 0 Å². The van der Waals surface area contributed by atoms with Gasteiger partial charge < -0.3 is 5.32 Å². The molecule has 1 N–H and O–H groups in total. The Balaban J connectivity index is 1.40. The van der Waals surface area contributed by atoms with Crippen molar-refractivity contribution in [3.8, 4) is 0 Å². The molecule has 4 aromatic rings. The summed E-state index contributed by atoms with van der Waals surface area (Å²) in [7, 11) is 0. The highest BCUT2D eigenvalue weighted by Crippen LogP contribution is 2.54. The predicted octanol–water partition coefficient (Wildman–Crippen LogP) is 6.01. The number of carbonyl (C=O) groups is 3. The van der Waals surface area contributed by atoms with E-state index in [0.29, 0.717) is 21.3 Å². The monoisotopic (exact) mass is 701 g/mol. The van der Waals surface area contributed by atoms with Crippen molar-refractivity contribution in [2.24, 2.45) is 5.92 Å². The average molecular weight is 703 g/mol. The van der Waals surface area contributed by atoms with Gasteiger partial charge in [-0.05, 0) is 66.2 Å². The number of anilines is 2. The summed E-state index contributed by atoms with van der Waals surface area (Å²) in [5, 5.41) is 2.40. The second-order valence-electron chi connectivity index (χ2n) is 9.26. The Bertz CT molecular complexity index is 1710. The SMILES string of the molecule is O=C(Cn1c2c(sc1=O)[C@@H](c1ccc(Br)cc1)[C@@H]1C(=O)N(c3ccc(Br)cc3)C(=O)[C@@H]1S2)Nc1ccc(F)cc1. The van der Waals surface area contributed by atoms with E-state index in [1.807, 2.05) is 24.3 Å². The van der Waals surface area contributed by atoms with Crippen molar-refractivity contribution in [1.82, 2.24) is 4.57 Å². The molecule has 3 heterocycles. The molecule has 202 valence electrons. The van der Waals surface area contributed by atoms with Crippen LogP contribution >= 0.6 is 55.0 Å². The van der Waals surface area contributed by atoms with Crippen LogP contribution in [0.15, 0.2) is 91.6 Å². The summed E-state index contributed by atoms with van der Waals surface area (Å²) in [5.74, 6) is -2.87. The molecule has 3 aromatic carbocycles. The number of thiazole rings is 1. The molecule has 0 bridgehead atoms. The zero-order chi connectivity index (χ0) is 28.1. The van der Waals surface area contributed by atoms with Gasteiger partial charge in [0.25, 0.3) is 0 Å². The van der Waals surface area contributed by atoms with Crippen molar-refractivity contribution in [2.75, 3.05) is 10.2 Å². The van der Waals surface area contributed by atoms with Crippen molar-refractivity contribution in [2.45, 2.75) is 22.7 Å². The lowest BCUT2D eigenvalue weighted by Crippen LogP contribution is -2.33. The minimum Gasteiger partial charge on any atom is -0.325 e. The van der Waals surface area contributed by atoms with Crippen molar-refractivity contribution < 1.29 is 18.8 Å². The molecule has 0 unspecified atom stereocenters. The number of aromatic nitrogens is 1. The number of hydrogen-bond acceptors (Lipinski definition) is 6. The first-order valence-electron chi connectivity index (χ1n) is 12.1. The van der Waals surface area contributed by atoms with Crippen LogP contribution in [0.5, 0.6) is 0 Å². The van der Waals surface area contributed by atoms with Crippen molar-refractivity contribution in [3.05, 3.63) is 108 Å². The van der Waals surface area contributed by atoms with E-state index in [1.54, 1.807) is 24.3 Å². The lowest BCUT2D eigenvalue weighted by atomic mass is 9.83. The Labute approximate surface area is 252 Å². The van der Waals surface area contributed by atoms with Gasteiger partial charge >= 0.3 is 4.87 Å². The Hall–Kier alpha value is -3.06. The third kappa shape index (κ3) is 4.87. The molecular formula is C28H18Br2FN3O4S2. The van der Waals surface area contributed by atoms with Crippen LogP contribution < -0.4 is 15.1 Å². The Morgan fingerprint density at radius 3 is 2.15 bits per heavy atom. The van der Waals surface area contributed by atoms with E-state index in [9.17, 15) is 23.6 Å². The number of nitrogens with one attached hydrogen (secondary N) is 1. The van der Waals surface area contributed by atoms with Crippen LogP contribution in [0, 0.1) is 11.7 Å². The fraction of sp³-hybridized carbons (Fsp3) is 0.143. The first-order valence-corrected chi connectivity index (χ1v) is 15.3. The van der Waals surface area contributed by atoms with Gasteiger partial charge in [0, 0.05) is 25.4 Å². The maximum absolute atomic E-state index is 13.9. The standard InChI is InChI=1S/C28H18Br2FN3O4S2/c29-15-3-1-14(2-4-15)21-22-23(26(37)34(25(22)36)19-11-5-16(30)6-12-19)39-27-24(21)40-28(38)33(27)13-20(35)32-18-9-7-17(31)8-10-18/h1-12,21-23H,13H2,(H,32,35)/t21-,22-,23+/m0/s1. The number of rotatable bonds is 5. The Morgan fingerprint density at radius 2 is 1.50 bits per heavy atom. The molecule has 0 radical (unpaired) electrons. The van der Waals surface area contributed by atoms with Crippen LogP contribution in [0.3, 0.4) is 0 Å². The highest BCUT2D eigenvalue weighted by atomic mass is 79.9. The second kappa shape index (κ2) is 10.7. The topological polar surface area (TPSA) is 88.5 Å². The van der Waals surface area contributed by atoms with Gasteiger partial charge in [0.2, 0.25) is 17.7 Å². The highest BCUT2D eigenvalue weighted by Gasteiger charge is 2.56. The molecule has 3 amide bonds. The molecule has 0 saturated carbocycles. The third-order valence-electron chi connectivity index (χ3n) is 6.79. The van der Waals surface area contributed by atoms with E-state index in [4.69, 9.17) is 0 Å². The number of carbonyl (C=O) groups excluding carboxylic acids is 3. The van der Waals surface area contributed by atoms with Gasteiger partial charge in [0.05, 0.1) is 16.6 Å². The Kier molecular flexibility index (Phi) is 7.28. The number of amides is 3. The molecule has 2 aliphatic heterocycles. The minimum atomic E-state index is -0.780. The number of fused-ring (bicyclic) bond motifs is 2. The molecule has 0 aliphatic carbocycles. The zero-order valence-corrected chi connectivity index (χ0v) is 25.2. The minimum absolute atomic E-state index is 0.294. The zero-order valence-electron chi connectivity index (χ0n) is 20.3. The molecule has 7 nitrogen and oxygen atoms in total.